The Kier molecular flexibility index (Phi) is 5.56. The molecule has 0 spiro atoms. The first-order valence-electron chi connectivity index (χ1n) is 7.41. The van der Waals surface area contributed by atoms with Crippen LogP contribution in [0.4, 0.5) is 0 Å². The first kappa shape index (κ1) is 18.9. The predicted molar refractivity (Wildman–Crippen MR) is 91.3 cm³/mol. The van der Waals surface area contributed by atoms with E-state index in [2.05, 4.69) is 0 Å². The Morgan fingerprint density at radius 1 is 0.769 bits per heavy atom. The molecule has 0 aromatic heterocycles. The van der Waals surface area contributed by atoms with Crippen LogP contribution in [0.1, 0.15) is 26.3 Å². The van der Waals surface area contributed by atoms with E-state index in [1.165, 1.54) is 39.5 Å². The summed E-state index contributed by atoms with van der Waals surface area (Å²) in [7, 11) is 4.11. The molecule has 2 N–H and O–H groups in total. The van der Waals surface area contributed by atoms with Gasteiger partial charge in [-0.25, -0.2) is 9.59 Å². The summed E-state index contributed by atoms with van der Waals surface area (Å²) in [5.41, 5.74) is 0.355. The fourth-order valence-corrected chi connectivity index (χ4v) is 2.47. The van der Waals surface area contributed by atoms with Crippen LogP contribution in [-0.2, 0) is 0 Å². The number of aryl methyl sites for hydroxylation is 1. The number of ether oxygens (including phenoxy) is 4. The summed E-state index contributed by atoms with van der Waals surface area (Å²) in [6.45, 7) is 1.67. The molecule has 0 fully saturated rings. The molecular weight excluding hydrogens is 344 g/mol. The van der Waals surface area contributed by atoms with Gasteiger partial charge in [-0.1, -0.05) is 0 Å². The third kappa shape index (κ3) is 3.64. The molecular formula is C18H18O8. The second kappa shape index (κ2) is 7.64. The van der Waals surface area contributed by atoms with Crippen molar-refractivity contribution in [3.8, 4) is 28.7 Å². The van der Waals surface area contributed by atoms with E-state index in [1.807, 2.05) is 0 Å². The Balaban J connectivity index is 2.56. The maximum Gasteiger partial charge on any atom is 0.339 e. The summed E-state index contributed by atoms with van der Waals surface area (Å²) in [4.78, 5) is 22.8. The normalized spacial score (nSPS) is 10.2. The molecule has 0 aliphatic rings. The van der Waals surface area contributed by atoms with Crippen LogP contribution in [0.15, 0.2) is 24.3 Å². The minimum absolute atomic E-state index is 0.0755. The van der Waals surface area contributed by atoms with Crippen LogP contribution < -0.4 is 18.9 Å². The smallest absolute Gasteiger partial charge is 0.339 e. The Hall–Kier alpha value is -3.42. The number of benzene rings is 2. The fourth-order valence-electron chi connectivity index (χ4n) is 2.47. The van der Waals surface area contributed by atoms with Crippen molar-refractivity contribution < 1.29 is 38.7 Å². The lowest BCUT2D eigenvalue weighted by molar-refractivity contribution is 0.0682. The molecule has 0 unspecified atom stereocenters. The Morgan fingerprint density at radius 2 is 1.38 bits per heavy atom. The summed E-state index contributed by atoms with van der Waals surface area (Å²) in [6.07, 6.45) is 0. The minimum Gasteiger partial charge on any atom is -0.496 e. The second-order valence-electron chi connectivity index (χ2n) is 5.24. The Bertz CT molecular complexity index is 857. The van der Waals surface area contributed by atoms with Gasteiger partial charge >= 0.3 is 11.9 Å². The molecule has 138 valence electrons. The second-order valence-corrected chi connectivity index (χ2v) is 5.24. The summed E-state index contributed by atoms with van der Waals surface area (Å²) in [5, 5.41) is 18.7. The fraction of sp³-hybridized carbons (Fsp3) is 0.222. The lowest BCUT2D eigenvalue weighted by atomic mass is 10.1. The van der Waals surface area contributed by atoms with E-state index >= 15 is 0 Å². The molecule has 0 aliphatic carbocycles. The molecule has 8 heteroatoms. The van der Waals surface area contributed by atoms with E-state index in [1.54, 1.807) is 13.0 Å². The van der Waals surface area contributed by atoms with Gasteiger partial charge in [-0.15, -0.1) is 0 Å². The SMILES string of the molecule is COc1cc(OC)c(C(=O)O)cc1Oc1cc(C)c(OC)c(C(=O)O)c1. The molecule has 0 atom stereocenters. The maximum atomic E-state index is 11.4. The van der Waals surface area contributed by atoms with Crippen LogP contribution >= 0.6 is 0 Å². The van der Waals surface area contributed by atoms with Crippen LogP contribution in [0.2, 0.25) is 0 Å². The predicted octanol–water partition coefficient (Wildman–Crippen LogP) is 3.21. The molecule has 0 aliphatic heterocycles. The Labute approximate surface area is 149 Å². The van der Waals surface area contributed by atoms with Crippen molar-refractivity contribution in [3.05, 3.63) is 41.0 Å². The van der Waals surface area contributed by atoms with Gasteiger partial charge in [-0.3, -0.25) is 0 Å². The number of carboxylic acid groups (broad SMARTS) is 2. The van der Waals surface area contributed by atoms with Crippen molar-refractivity contribution in [1.29, 1.82) is 0 Å². The van der Waals surface area contributed by atoms with Crippen molar-refractivity contribution in [3.63, 3.8) is 0 Å². The largest absolute Gasteiger partial charge is 0.496 e. The molecule has 0 radical (unpaired) electrons. The minimum atomic E-state index is -1.20. The number of carbonyl (C=O) groups is 2. The van der Waals surface area contributed by atoms with Crippen LogP contribution in [0.3, 0.4) is 0 Å². The maximum absolute atomic E-state index is 11.4. The Morgan fingerprint density at radius 3 is 1.88 bits per heavy atom. The monoisotopic (exact) mass is 362 g/mol. The zero-order chi connectivity index (χ0) is 19.4. The van der Waals surface area contributed by atoms with E-state index < -0.39 is 11.9 Å². The van der Waals surface area contributed by atoms with Gasteiger partial charge in [-0.05, 0) is 24.6 Å². The molecule has 0 heterocycles. The lowest BCUT2D eigenvalue weighted by Crippen LogP contribution is -2.04. The molecule has 2 aromatic rings. The van der Waals surface area contributed by atoms with Crippen LogP contribution in [-0.4, -0.2) is 43.5 Å². The number of carboxylic acids is 2. The molecule has 0 saturated heterocycles. The van der Waals surface area contributed by atoms with Crippen molar-refractivity contribution >= 4 is 11.9 Å². The third-order valence-corrected chi connectivity index (χ3v) is 3.63. The highest BCUT2D eigenvalue weighted by atomic mass is 16.5. The zero-order valence-electron chi connectivity index (χ0n) is 14.7. The topological polar surface area (TPSA) is 112 Å². The van der Waals surface area contributed by atoms with Crippen molar-refractivity contribution in [2.45, 2.75) is 6.92 Å². The highest BCUT2D eigenvalue weighted by Gasteiger charge is 2.20. The van der Waals surface area contributed by atoms with Crippen LogP contribution in [0, 0.1) is 6.92 Å². The number of hydrogen-bond acceptors (Lipinski definition) is 6. The molecule has 26 heavy (non-hydrogen) atoms. The van der Waals surface area contributed by atoms with E-state index in [-0.39, 0.29) is 39.9 Å². The standard InChI is InChI=1S/C18H18O8/c1-9-5-10(6-12(18(21)22)16(9)25-4)26-15-7-11(17(19)20)13(23-2)8-14(15)24-3/h5-8H,1-4H3,(H,19,20)(H,21,22). The van der Waals surface area contributed by atoms with E-state index in [0.717, 1.165) is 0 Å². The average molecular weight is 362 g/mol. The average Bonchev–Trinajstić information content (AvgIpc) is 2.60. The zero-order valence-corrected chi connectivity index (χ0v) is 14.7. The number of rotatable bonds is 7. The van der Waals surface area contributed by atoms with Gasteiger partial charge < -0.3 is 29.2 Å². The summed E-state index contributed by atoms with van der Waals surface area (Å²) >= 11 is 0. The van der Waals surface area contributed by atoms with Gasteiger partial charge in [0.25, 0.3) is 0 Å². The number of methoxy groups -OCH3 is 3. The molecule has 0 amide bonds. The van der Waals surface area contributed by atoms with Gasteiger partial charge in [0.15, 0.2) is 11.5 Å². The summed E-state index contributed by atoms with van der Waals surface area (Å²) in [5.74, 6) is -1.52. The van der Waals surface area contributed by atoms with Gasteiger partial charge in [0.2, 0.25) is 0 Å². The van der Waals surface area contributed by atoms with E-state index in [9.17, 15) is 19.8 Å². The highest BCUT2D eigenvalue weighted by Crippen LogP contribution is 2.39. The van der Waals surface area contributed by atoms with E-state index in [0.29, 0.717) is 5.56 Å². The lowest BCUT2D eigenvalue weighted by Gasteiger charge is -2.15. The molecule has 0 bridgehead atoms. The van der Waals surface area contributed by atoms with Gasteiger partial charge in [-0.2, -0.15) is 0 Å². The molecule has 8 nitrogen and oxygen atoms in total. The molecule has 0 saturated carbocycles. The first-order chi connectivity index (χ1) is 12.3. The van der Waals surface area contributed by atoms with Gasteiger partial charge in [0, 0.05) is 12.1 Å². The first-order valence-corrected chi connectivity index (χ1v) is 7.41. The number of hydrogen-bond donors (Lipinski definition) is 2. The van der Waals surface area contributed by atoms with Gasteiger partial charge in [0.1, 0.15) is 28.4 Å². The van der Waals surface area contributed by atoms with Crippen LogP contribution in [0.25, 0.3) is 0 Å². The molecule has 2 rings (SSSR count). The van der Waals surface area contributed by atoms with Crippen molar-refractivity contribution in [2.75, 3.05) is 21.3 Å². The number of aromatic carboxylic acids is 2. The van der Waals surface area contributed by atoms with E-state index in [4.69, 9.17) is 18.9 Å². The van der Waals surface area contributed by atoms with Crippen molar-refractivity contribution in [1.82, 2.24) is 0 Å². The summed E-state index contributed by atoms with van der Waals surface area (Å²) < 4.78 is 21.1. The van der Waals surface area contributed by atoms with Crippen molar-refractivity contribution in [2.24, 2.45) is 0 Å². The third-order valence-electron chi connectivity index (χ3n) is 3.63. The van der Waals surface area contributed by atoms with Crippen LogP contribution in [0.5, 0.6) is 28.7 Å². The summed E-state index contributed by atoms with van der Waals surface area (Å²) in [6, 6.07) is 5.50. The quantitative estimate of drug-likeness (QED) is 0.772. The molecule has 2 aromatic carbocycles. The van der Waals surface area contributed by atoms with Gasteiger partial charge in [0.05, 0.1) is 21.3 Å². The highest BCUT2D eigenvalue weighted by molar-refractivity contribution is 5.93.